The normalized spacial score (nSPS) is 10.6. The van der Waals surface area contributed by atoms with Gasteiger partial charge in [-0.25, -0.2) is 0 Å². The topological polar surface area (TPSA) is 66.0 Å². The van der Waals surface area contributed by atoms with Crippen molar-refractivity contribution in [3.8, 4) is 12.3 Å². The third kappa shape index (κ3) is 16.9. The van der Waals surface area contributed by atoms with Gasteiger partial charge in [-0.15, -0.1) is 6.42 Å². The molecule has 0 bridgehead atoms. The summed E-state index contributed by atoms with van der Waals surface area (Å²) in [5.41, 5.74) is 0. The smallest absolute Gasteiger partial charge is 0.220 e. The number of ether oxygens (including phenoxy) is 4. The van der Waals surface area contributed by atoms with Crippen LogP contribution in [0.25, 0.3) is 0 Å². The molecular weight excluding hydrogens is 286 g/mol. The first-order chi connectivity index (χ1) is 10.7. The SMILES string of the molecule is C#CCOCCOCCOCCOCCNC(=O)CC(C)C. The summed E-state index contributed by atoms with van der Waals surface area (Å²) in [5, 5.41) is 2.80. The van der Waals surface area contributed by atoms with Crippen LogP contribution >= 0.6 is 0 Å². The molecule has 22 heavy (non-hydrogen) atoms. The van der Waals surface area contributed by atoms with E-state index in [1.54, 1.807) is 0 Å². The molecule has 0 saturated carbocycles. The monoisotopic (exact) mass is 315 g/mol. The number of terminal acetylenes is 1. The highest BCUT2D eigenvalue weighted by molar-refractivity contribution is 5.75. The largest absolute Gasteiger partial charge is 0.377 e. The van der Waals surface area contributed by atoms with E-state index in [1.807, 2.05) is 13.8 Å². The molecule has 0 radical (unpaired) electrons. The van der Waals surface area contributed by atoms with Gasteiger partial charge >= 0.3 is 0 Å². The van der Waals surface area contributed by atoms with Crippen LogP contribution < -0.4 is 5.32 Å². The van der Waals surface area contributed by atoms with E-state index in [1.165, 1.54) is 0 Å². The highest BCUT2D eigenvalue weighted by atomic mass is 16.6. The molecule has 6 heteroatoms. The molecule has 0 heterocycles. The number of carbonyl (C=O) groups excluding carboxylic acids is 1. The van der Waals surface area contributed by atoms with Crippen molar-refractivity contribution in [2.45, 2.75) is 20.3 Å². The number of amides is 1. The Labute approximate surface area is 133 Å². The van der Waals surface area contributed by atoms with E-state index in [0.717, 1.165) is 0 Å². The quantitative estimate of drug-likeness (QED) is 0.358. The Kier molecular flexibility index (Phi) is 15.4. The molecule has 0 aromatic carbocycles. The first-order valence-electron chi connectivity index (χ1n) is 7.68. The van der Waals surface area contributed by atoms with Gasteiger partial charge in [-0.3, -0.25) is 4.79 Å². The van der Waals surface area contributed by atoms with E-state index in [4.69, 9.17) is 25.4 Å². The molecule has 0 aliphatic rings. The third-order valence-corrected chi connectivity index (χ3v) is 2.46. The third-order valence-electron chi connectivity index (χ3n) is 2.46. The van der Waals surface area contributed by atoms with E-state index in [2.05, 4.69) is 11.2 Å². The van der Waals surface area contributed by atoms with Gasteiger partial charge in [0.1, 0.15) is 6.61 Å². The van der Waals surface area contributed by atoms with E-state index < -0.39 is 0 Å². The lowest BCUT2D eigenvalue weighted by molar-refractivity contribution is -0.122. The number of carbonyl (C=O) groups is 1. The van der Waals surface area contributed by atoms with Crippen molar-refractivity contribution in [3.05, 3.63) is 0 Å². The molecule has 1 amide bonds. The molecule has 0 rings (SSSR count). The van der Waals surface area contributed by atoms with Gasteiger partial charge in [-0.05, 0) is 5.92 Å². The number of hydrogen-bond donors (Lipinski definition) is 1. The lowest BCUT2D eigenvalue weighted by Gasteiger charge is -2.08. The van der Waals surface area contributed by atoms with Crippen molar-refractivity contribution >= 4 is 5.91 Å². The molecule has 0 aromatic heterocycles. The predicted molar refractivity (Wildman–Crippen MR) is 84.6 cm³/mol. The lowest BCUT2D eigenvalue weighted by Crippen LogP contribution is -2.28. The van der Waals surface area contributed by atoms with E-state index in [9.17, 15) is 4.79 Å². The summed E-state index contributed by atoms with van der Waals surface area (Å²) in [6, 6.07) is 0. The van der Waals surface area contributed by atoms with E-state index in [-0.39, 0.29) is 5.91 Å². The molecule has 0 spiro atoms. The minimum Gasteiger partial charge on any atom is -0.377 e. The molecule has 0 aliphatic carbocycles. The predicted octanol–water partition coefficient (Wildman–Crippen LogP) is 0.848. The summed E-state index contributed by atoms with van der Waals surface area (Å²) in [4.78, 5) is 11.3. The Morgan fingerprint density at radius 3 is 1.95 bits per heavy atom. The maximum absolute atomic E-state index is 11.3. The summed E-state index contributed by atoms with van der Waals surface area (Å²) >= 11 is 0. The van der Waals surface area contributed by atoms with Crippen LogP contribution in [0.15, 0.2) is 0 Å². The number of nitrogens with one attached hydrogen (secondary N) is 1. The van der Waals surface area contributed by atoms with Gasteiger partial charge in [-0.2, -0.15) is 0 Å². The first kappa shape index (κ1) is 20.9. The number of hydrogen-bond acceptors (Lipinski definition) is 5. The van der Waals surface area contributed by atoms with Crippen molar-refractivity contribution in [1.82, 2.24) is 5.32 Å². The second-order valence-corrected chi connectivity index (χ2v) is 5.04. The van der Waals surface area contributed by atoms with Crippen LogP contribution in [-0.2, 0) is 23.7 Å². The molecule has 0 aliphatic heterocycles. The van der Waals surface area contributed by atoms with E-state index in [0.29, 0.717) is 71.7 Å². The minimum absolute atomic E-state index is 0.0678. The van der Waals surface area contributed by atoms with Gasteiger partial charge in [-0.1, -0.05) is 19.8 Å². The fraction of sp³-hybridized carbons (Fsp3) is 0.812. The van der Waals surface area contributed by atoms with Crippen LogP contribution in [0.4, 0.5) is 0 Å². The van der Waals surface area contributed by atoms with Crippen LogP contribution in [0, 0.1) is 18.3 Å². The van der Waals surface area contributed by atoms with Crippen LogP contribution in [0.2, 0.25) is 0 Å². The molecule has 6 nitrogen and oxygen atoms in total. The molecule has 0 aromatic rings. The molecule has 0 atom stereocenters. The van der Waals surface area contributed by atoms with Crippen LogP contribution in [-0.4, -0.2) is 65.3 Å². The zero-order valence-corrected chi connectivity index (χ0v) is 13.8. The zero-order chi connectivity index (χ0) is 16.5. The minimum atomic E-state index is 0.0678. The Balaban J connectivity index is 3.09. The molecule has 0 saturated heterocycles. The Morgan fingerprint density at radius 2 is 1.45 bits per heavy atom. The first-order valence-corrected chi connectivity index (χ1v) is 7.68. The summed E-state index contributed by atoms with van der Waals surface area (Å²) < 4.78 is 21.0. The Morgan fingerprint density at radius 1 is 0.955 bits per heavy atom. The summed E-state index contributed by atoms with van der Waals surface area (Å²) in [5.74, 6) is 2.83. The molecule has 128 valence electrons. The maximum atomic E-state index is 11.3. The van der Waals surface area contributed by atoms with Crippen molar-refractivity contribution in [1.29, 1.82) is 0 Å². The van der Waals surface area contributed by atoms with Gasteiger partial charge < -0.3 is 24.3 Å². The molecule has 0 unspecified atom stereocenters. The van der Waals surface area contributed by atoms with Crippen LogP contribution in [0.5, 0.6) is 0 Å². The summed E-state index contributed by atoms with van der Waals surface area (Å²) in [7, 11) is 0. The fourth-order valence-corrected chi connectivity index (χ4v) is 1.50. The summed E-state index contributed by atoms with van der Waals surface area (Å²) in [6.07, 6.45) is 5.59. The average Bonchev–Trinajstić information content (AvgIpc) is 2.47. The summed E-state index contributed by atoms with van der Waals surface area (Å²) in [6.45, 7) is 8.44. The zero-order valence-electron chi connectivity index (χ0n) is 13.8. The van der Waals surface area contributed by atoms with Crippen molar-refractivity contribution in [3.63, 3.8) is 0 Å². The lowest BCUT2D eigenvalue weighted by atomic mass is 10.1. The van der Waals surface area contributed by atoms with Gasteiger partial charge in [0.2, 0.25) is 5.91 Å². The average molecular weight is 315 g/mol. The Hall–Kier alpha value is -1.13. The van der Waals surface area contributed by atoms with Gasteiger partial charge in [0.15, 0.2) is 0 Å². The fourth-order valence-electron chi connectivity index (χ4n) is 1.50. The van der Waals surface area contributed by atoms with Gasteiger partial charge in [0.25, 0.3) is 0 Å². The van der Waals surface area contributed by atoms with Crippen molar-refractivity contribution < 1.29 is 23.7 Å². The molecule has 0 fully saturated rings. The van der Waals surface area contributed by atoms with Crippen LogP contribution in [0.3, 0.4) is 0 Å². The molecular formula is C16H29NO5. The highest BCUT2D eigenvalue weighted by Gasteiger charge is 2.03. The van der Waals surface area contributed by atoms with Crippen molar-refractivity contribution in [2.75, 3.05) is 59.4 Å². The van der Waals surface area contributed by atoms with Gasteiger partial charge in [0, 0.05) is 13.0 Å². The second-order valence-electron chi connectivity index (χ2n) is 5.04. The standard InChI is InChI=1S/C16H29NO5/c1-4-6-19-8-10-21-12-13-22-11-9-20-7-5-17-16(18)14-15(2)3/h1,15H,5-14H2,2-3H3,(H,17,18). The second kappa shape index (κ2) is 16.2. The van der Waals surface area contributed by atoms with Crippen molar-refractivity contribution in [2.24, 2.45) is 5.92 Å². The maximum Gasteiger partial charge on any atom is 0.220 e. The molecule has 1 N–H and O–H groups in total. The Bertz CT molecular complexity index is 301. The van der Waals surface area contributed by atoms with E-state index >= 15 is 0 Å². The number of rotatable bonds is 15. The highest BCUT2D eigenvalue weighted by Crippen LogP contribution is 1.97. The van der Waals surface area contributed by atoms with Crippen LogP contribution in [0.1, 0.15) is 20.3 Å². The van der Waals surface area contributed by atoms with Gasteiger partial charge in [0.05, 0.1) is 46.2 Å².